The second-order valence-corrected chi connectivity index (χ2v) is 10.4. The average molecular weight is 551 g/mol. The smallest absolute Gasteiger partial charge is 0.416 e. The Kier molecular flexibility index (Phi) is 8.43. The highest BCUT2D eigenvalue weighted by Crippen LogP contribution is 2.36. The van der Waals surface area contributed by atoms with Crippen molar-refractivity contribution in [2.24, 2.45) is 0 Å². The highest BCUT2D eigenvalue weighted by molar-refractivity contribution is 8.26. The first-order chi connectivity index (χ1) is 17.6. The molecule has 2 fully saturated rings. The number of anilines is 1. The Balaban J connectivity index is 1.42. The molecule has 1 aliphatic heterocycles. The molecule has 37 heavy (non-hydrogen) atoms. The fourth-order valence-electron chi connectivity index (χ4n) is 4.14. The summed E-state index contributed by atoms with van der Waals surface area (Å²) in [6, 6.07) is 9.66. The Labute approximate surface area is 222 Å². The van der Waals surface area contributed by atoms with Crippen molar-refractivity contribution >= 4 is 51.9 Å². The normalized spacial score (nSPS) is 17.8. The lowest BCUT2D eigenvalue weighted by Crippen LogP contribution is -2.36. The summed E-state index contributed by atoms with van der Waals surface area (Å²) in [5, 5.41) is 2.39. The van der Waals surface area contributed by atoms with Crippen LogP contribution in [0.2, 0.25) is 0 Å². The molecule has 2 amide bonds. The Morgan fingerprint density at radius 3 is 2.62 bits per heavy atom. The molecule has 0 spiro atoms. The zero-order chi connectivity index (χ0) is 26.6. The van der Waals surface area contributed by atoms with E-state index in [2.05, 4.69) is 5.32 Å². The zero-order valence-electron chi connectivity index (χ0n) is 20.0. The first-order valence-corrected chi connectivity index (χ1v) is 12.9. The molecule has 1 aliphatic carbocycles. The largest absolute Gasteiger partial charge is 0.493 e. The van der Waals surface area contributed by atoms with Crippen LogP contribution in [-0.2, 0) is 15.8 Å². The Hall–Kier alpha value is -3.05. The lowest BCUT2D eigenvalue weighted by molar-refractivity contribution is -0.137. The number of methoxy groups -OCH3 is 1. The van der Waals surface area contributed by atoms with Crippen LogP contribution in [0.15, 0.2) is 47.4 Å². The third-order valence-electron chi connectivity index (χ3n) is 5.98. The molecule has 0 radical (unpaired) electrons. The van der Waals surface area contributed by atoms with Crippen LogP contribution < -0.4 is 14.8 Å². The zero-order valence-corrected chi connectivity index (χ0v) is 21.6. The number of thioether (sulfide) groups is 1. The van der Waals surface area contributed by atoms with Gasteiger partial charge in [-0.05, 0) is 67.7 Å². The minimum Gasteiger partial charge on any atom is -0.493 e. The van der Waals surface area contributed by atoms with Crippen molar-refractivity contribution < 1.29 is 32.2 Å². The van der Waals surface area contributed by atoms with Gasteiger partial charge < -0.3 is 14.8 Å². The van der Waals surface area contributed by atoms with Crippen molar-refractivity contribution in [3.8, 4) is 11.5 Å². The molecule has 6 nitrogen and oxygen atoms in total. The van der Waals surface area contributed by atoms with E-state index < -0.39 is 30.1 Å². The van der Waals surface area contributed by atoms with Gasteiger partial charge in [-0.1, -0.05) is 42.5 Å². The van der Waals surface area contributed by atoms with Crippen molar-refractivity contribution in [1.29, 1.82) is 0 Å². The fraction of sp³-hybridized carbons (Fsp3) is 0.346. The lowest BCUT2D eigenvalue weighted by atomic mass is 9.98. The van der Waals surface area contributed by atoms with Gasteiger partial charge in [0.2, 0.25) is 5.91 Å². The van der Waals surface area contributed by atoms with Gasteiger partial charge in [0.1, 0.15) is 10.9 Å². The number of carbonyl (C=O) groups is 2. The Morgan fingerprint density at radius 2 is 1.92 bits per heavy atom. The van der Waals surface area contributed by atoms with Crippen LogP contribution in [0.1, 0.15) is 43.2 Å². The van der Waals surface area contributed by atoms with Crippen LogP contribution in [0.3, 0.4) is 0 Å². The van der Waals surface area contributed by atoms with Gasteiger partial charge in [-0.3, -0.25) is 14.5 Å². The summed E-state index contributed by atoms with van der Waals surface area (Å²) in [7, 11) is 1.55. The number of rotatable bonds is 7. The number of alkyl halides is 3. The van der Waals surface area contributed by atoms with E-state index in [1.165, 1.54) is 18.6 Å². The van der Waals surface area contributed by atoms with Crippen LogP contribution in [0, 0.1) is 0 Å². The SMILES string of the molecule is COc1cc(/C=C2\SC(=S)N(CC(=O)Nc3cccc(C(F)(F)F)c3)C2=O)ccc1OC1CCCCC1. The number of carbonyl (C=O) groups excluding carboxylic acids is 2. The van der Waals surface area contributed by atoms with Crippen molar-refractivity contribution in [2.45, 2.75) is 44.4 Å². The predicted molar refractivity (Wildman–Crippen MR) is 140 cm³/mol. The molecule has 1 heterocycles. The predicted octanol–water partition coefficient (Wildman–Crippen LogP) is 6.27. The van der Waals surface area contributed by atoms with E-state index in [-0.39, 0.29) is 16.1 Å². The van der Waals surface area contributed by atoms with Gasteiger partial charge in [-0.2, -0.15) is 13.2 Å². The van der Waals surface area contributed by atoms with Gasteiger partial charge in [0.25, 0.3) is 5.91 Å². The van der Waals surface area contributed by atoms with Gasteiger partial charge in [0.05, 0.1) is 23.7 Å². The number of hydrogen-bond donors (Lipinski definition) is 1. The van der Waals surface area contributed by atoms with Crippen molar-refractivity contribution in [3.63, 3.8) is 0 Å². The van der Waals surface area contributed by atoms with E-state index in [1.54, 1.807) is 19.3 Å². The topological polar surface area (TPSA) is 67.9 Å². The monoisotopic (exact) mass is 550 g/mol. The molecule has 0 aromatic heterocycles. The fourth-order valence-corrected chi connectivity index (χ4v) is 5.39. The summed E-state index contributed by atoms with van der Waals surface area (Å²) in [4.78, 5) is 26.8. The molecule has 2 aromatic rings. The number of hydrogen-bond acceptors (Lipinski definition) is 6. The average Bonchev–Trinajstić information content (AvgIpc) is 3.12. The second-order valence-electron chi connectivity index (χ2n) is 8.68. The molecule has 0 unspecified atom stereocenters. The molecule has 196 valence electrons. The van der Waals surface area contributed by atoms with Gasteiger partial charge in [0, 0.05) is 5.69 Å². The van der Waals surface area contributed by atoms with Crippen LogP contribution >= 0.6 is 24.0 Å². The first kappa shape index (κ1) is 27.0. The Bertz CT molecular complexity index is 1230. The molecule has 2 aromatic carbocycles. The van der Waals surface area contributed by atoms with Crippen LogP contribution in [0.5, 0.6) is 11.5 Å². The minimum atomic E-state index is -4.54. The van der Waals surface area contributed by atoms with E-state index >= 15 is 0 Å². The van der Waals surface area contributed by atoms with Gasteiger partial charge in [-0.15, -0.1) is 0 Å². The van der Waals surface area contributed by atoms with Crippen LogP contribution in [0.25, 0.3) is 6.08 Å². The number of nitrogens with zero attached hydrogens (tertiary/aromatic N) is 1. The molecule has 1 saturated heterocycles. The number of halogens is 3. The molecular formula is C26H25F3N2O4S2. The maximum Gasteiger partial charge on any atom is 0.416 e. The van der Waals surface area contributed by atoms with Crippen molar-refractivity contribution in [3.05, 3.63) is 58.5 Å². The summed E-state index contributed by atoms with van der Waals surface area (Å²) in [6.07, 6.45) is 2.80. The summed E-state index contributed by atoms with van der Waals surface area (Å²) in [6.45, 7) is -0.421. The maximum atomic E-state index is 12.9. The summed E-state index contributed by atoms with van der Waals surface area (Å²) < 4.78 is 50.6. The second kappa shape index (κ2) is 11.6. The van der Waals surface area contributed by atoms with Crippen LogP contribution in [0.4, 0.5) is 18.9 Å². The standard InChI is InChI=1S/C26H25F3N2O4S2/c1-34-21-12-16(10-11-20(21)35-19-8-3-2-4-9-19)13-22-24(33)31(25(36)37-22)15-23(32)30-18-7-5-6-17(14-18)26(27,28)29/h5-7,10-14,19H,2-4,8-9,15H2,1H3,(H,30,32)/b22-13-. The van der Waals surface area contributed by atoms with Crippen LogP contribution in [-0.4, -0.2) is 40.8 Å². The molecular weight excluding hydrogens is 525 g/mol. The quantitative estimate of drug-likeness (QED) is 0.324. The molecule has 0 atom stereocenters. The summed E-state index contributed by atoms with van der Waals surface area (Å²) in [5.74, 6) is 0.0686. The summed E-state index contributed by atoms with van der Waals surface area (Å²) in [5.41, 5.74) is -0.213. The van der Waals surface area contributed by atoms with Gasteiger partial charge in [-0.25, -0.2) is 0 Å². The van der Waals surface area contributed by atoms with Crippen molar-refractivity contribution in [1.82, 2.24) is 4.90 Å². The molecule has 1 saturated carbocycles. The third-order valence-corrected chi connectivity index (χ3v) is 7.36. The summed E-state index contributed by atoms with van der Waals surface area (Å²) >= 11 is 6.32. The molecule has 11 heteroatoms. The van der Waals surface area contributed by atoms with E-state index in [9.17, 15) is 22.8 Å². The number of ether oxygens (including phenoxy) is 2. The lowest BCUT2D eigenvalue weighted by Gasteiger charge is -2.24. The third kappa shape index (κ3) is 6.84. The molecule has 0 bridgehead atoms. The van der Waals surface area contributed by atoms with Gasteiger partial charge >= 0.3 is 6.18 Å². The minimum absolute atomic E-state index is 0.0246. The van der Waals surface area contributed by atoms with E-state index in [1.807, 2.05) is 12.1 Å². The molecule has 2 aliphatic rings. The number of nitrogens with one attached hydrogen (secondary N) is 1. The van der Waals surface area contributed by atoms with E-state index in [4.69, 9.17) is 21.7 Å². The maximum absolute atomic E-state index is 12.9. The first-order valence-electron chi connectivity index (χ1n) is 11.7. The Morgan fingerprint density at radius 1 is 1.16 bits per heavy atom. The number of benzene rings is 2. The molecule has 1 N–H and O–H groups in total. The number of amides is 2. The highest BCUT2D eigenvalue weighted by Gasteiger charge is 2.34. The van der Waals surface area contributed by atoms with Crippen molar-refractivity contribution in [2.75, 3.05) is 19.0 Å². The van der Waals surface area contributed by atoms with E-state index in [0.717, 1.165) is 54.5 Å². The number of thiocarbonyl (C=S) groups is 1. The molecule has 4 rings (SSSR count). The van der Waals surface area contributed by atoms with Gasteiger partial charge in [0.15, 0.2) is 11.5 Å². The highest BCUT2D eigenvalue weighted by atomic mass is 32.2. The van der Waals surface area contributed by atoms with E-state index in [0.29, 0.717) is 22.0 Å².